The average Bonchev–Trinajstić information content (AvgIpc) is 3.23. The summed E-state index contributed by atoms with van der Waals surface area (Å²) in [5.74, 6) is -1.90. The molecule has 1 aromatic rings. The molecule has 4 rings (SSSR count). The number of carboxylic acid groups (broad SMARTS) is 1. The summed E-state index contributed by atoms with van der Waals surface area (Å²) in [6, 6.07) is -0.904. The van der Waals surface area contributed by atoms with Crippen LogP contribution in [0.5, 0.6) is 0 Å². The van der Waals surface area contributed by atoms with Gasteiger partial charge in [0, 0.05) is 36.9 Å². The van der Waals surface area contributed by atoms with E-state index in [-0.39, 0.29) is 29.0 Å². The Morgan fingerprint density at radius 2 is 2.24 bits per heavy atom. The molecular formula is C19H23N7O5S2. The van der Waals surface area contributed by atoms with Gasteiger partial charge in [0.05, 0.1) is 0 Å². The molecule has 2 amide bonds. The summed E-state index contributed by atoms with van der Waals surface area (Å²) in [5.41, 5.74) is 6.09. The molecule has 0 radical (unpaired) electrons. The third kappa shape index (κ3) is 4.72. The van der Waals surface area contributed by atoms with E-state index in [0.717, 1.165) is 31.0 Å². The number of hydrogen-bond donors (Lipinski definition) is 3. The van der Waals surface area contributed by atoms with E-state index < -0.39 is 29.2 Å². The van der Waals surface area contributed by atoms with E-state index >= 15 is 0 Å². The lowest BCUT2D eigenvalue weighted by atomic mass is 10.0. The van der Waals surface area contributed by atoms with Crippen molar-refractivity contribution in [1.29, 1.82) is 0 Å². The molecule has 0 saturated carbocycles. The van der Waals surface area contributed by atoms with Crippen LogP contribution in [0.1, 0.15) is 19.2 Å². The number of aliphatic carboxylic acids is 1. The van der Waals surface area contributed by atoms with Crippen molar-refractivity contribution in [2.75, 3.05) is 37.7 Å². The van der Waals surface area contributed by atoms with Crippen LogP contribution in [0, 0.1) is 0 Å². The van der Waals surface area contributed by atoms with Crippen molar-refractivity contribution >= 4 is 51.9 Å². The van der Waals surface area contributed by atoms with E-state index in [9.17, 15) is 19.5 Å². The number of hydrogen-bond acceptors (Lipinski definition) is 11. The molecule has 1 aromatic heterocycles. The average molecular weight is 494 g/mol. The molecular weight excluding hydrogens is 470 g/mol. The van der Waals surface area contributed by atoms with Crippen molar-refractivity contribution < 1.29 is 24.3 Å². The number of nitrogen functional groups attached to an aromatic ring is 1. The minimum absolute atomic E-state index is 0.000880. The fourth-order valence-electron chi connectivity index (χ4n) is 3.76. The first kappa shape index (κ1) is 23.2. The summed E-state index contributed by atoms with van der Waals surface area (Å²) in [4.78, 5) is 50.2. The lowest BCUT2D eigenvalue weighted by Crippen LogP contribution is -2.71. The van der Waals surface area contributed by atoms with Crippen LogP contribution in [0.3, 0.4) is 0 Å². The maximum atomic E-state index is 12.9. The SMILES string of the molecule is CCO/N=C(\C(=O)NC1C(=O)N2C(C(=O)O)=C(CN3CC=CCC3)CS[C@H]12)c1nsc(N)n1. The van der Waals surface area contributed by atoms with Crippen molar-refractivity contribution in [1.82, 2.24) is 24.5 Å². The van der Waals surface area contributed by atoms with E-state index in [1.165, 1.54) is 16.7 Å². The van der Waals surface area contributed by atoms with Crippen LogP contribution in [0.25, 0.3) is 0 Å². The summed E-state index contributed by atoms with van der Waals surface area (Å²) < 4.78 is 3.98. The first-order chi connectivity index (χ1) is 15.9. The third-order valence-corrected chi connectivity index (χ3v) is 7.13. The van der Waals surface area contributed by atoms with Crippen LogP contribution >= 0.6 is 23.3 Å². The Morgan fingerprint density at radius 3 is 2.88 bits per heavy atom. The van der Waals surface area contributed by atoms with Gasteiger partial charge in [-0.05, 0) is 18.9 Å². The van der Waals surface area contributed by atoms with Gasteiger partial charge in [-0.3, -0.25) is 19.4 Å². The van der Waals surface area contributed by atoms with Crippen molar-refractivity contribution in [2.24, 2.45) is 5.16 Å². The van der Waals surface area contributed by atoms with Crippen LogP contribution < -0.4 is 11.1 Å². The molecule has 33 heavy (non-hydrogen) atoms. The molecule has 0 bridgehead atoms. The van der Waals surface area contributed by atoms with E-state index in [4.69, 9.17) is 10.6 Å². The molecule has 1 unspecified atom stereocenters. The zero-order valence-electron chi connectivity index (χ0n) is 17.8. The molecule has 0 aromatic carbocycles. The van der Waals surface area contributed by atoms with Crippen molar-refractivity contribution in [3.05, 3.63) is 29.2 Å². The minimum Gasteiger partial charge on any atom is -0.477 e. The summed E-state index contributed by atoms with van der Waals surface area (Å²) in [6.07, 6.45) is 5.06. The van der Waals surface area contributed by atoms with Gasteiger partial charge in [-0.1, -0.05) is 17.3 Å². The Kier molecular flexibility index (Phi) is 6.95. The highest BCUT2D eigenvalue weighted by molar-refractivity contribution is 8.00. The number of nitrogens with two attached hydrogens (primary N) is 1. The summed E-state index contributed by atoms with van der Waals surface area (Å²) in [6.45, 7) is 3.98. The zero-order valence-corrected chi connectivity index (χ0v) is 19.4. The Balaban J connectivity index is 1.50. The largest absolute Gasteiger partial charge is 0.477 e. The lowest BCUT2D eigenvalue weighted by molar-refractivity contribution is -0.150. The molecule has 2 atom stereocenters. The summed E-state index contributed by atoms with van der Waals surface area (Å²) in [7, 11) is 0. The highest BCUT2D eigenvalue weighted by Gasteiger charge is 2.54. The molecule has 3 aliphatic heterocycles. The third-order valence-electron chi connectivity index (χ3n) is 5.25. The number of β-lactam (4-membered cyclic amide) rings is 1. The van der Waals surface area contributed by atoms with E-state index in [1.807, 2.05) is 0 Å². The van der Waals surface area contributed by atoms with Gasteiger partial charge in [0.2, 0.25) is 11.5 Å². The van der Waals surface area contributed by atoms with Crippen molar-refractivity contribution in [3.63, 3.8) is 0 Å². The Labute approximate surface area is 197 Å². The predicted octanol–water partition coefficient (Wildman–Crippen LogP) is -0.139. The maximum Gasteiger partial charge on any atom is 0.352 e. The molecule has 176 valence electrons. The second kappa shape index (κ2) is 9.89. The van der Waals surface area contributed by atoms with Gasteiger partial charge < -0.3 is 21.0 Å². The smallest absolute Gasteiger partial charge is 0.352 e. The number of anilines is 1. The second-order valence-corrected chi connectivity index (χ2v) is 9.32. The predicted molar refractivity (Wildman–Crippen MR) is 122 cm³/mol. The lowest BCUT2D eigenvalue weighted by Gasteiger charge is -2.49. The number of aromatic nitrogens is 2. The van der Waals surface area contributed by atoms with Gasteiger partial charge in [-0.15, -0.1) is 11.8 Å². The van der Waals surface area contributed by atoms with Crippen molar-refractivity contribution in [3.8, 4) is 0 Å². The van der Waals surface area contributed by atoms with Gasteiger partial charge in [-0.2, -0.15) is 9.36 Å². The van der Waals surface area contributed by atoms with Crippen LogP contribution in [0.4, 0.5) is 5.13 Å². The summed E-state index contributed by atoms with van der Waals surface area (Å²) >= 11 is 2.32. The standard InChI is InChI=1S/C19H23N7O5S2/c1-2-31-23-11(14-22-19(20)33-24-14)15(27)21-12-16(28)26-13(18(29)30)10(9-32-17(12)26)8-25-6-4-3-5-7-25/h3-4,12,17H,2,5-9H2,1H3,(H,21,27)(H,29,30)(H2,20,22,24)/b23-11-/t12?,17-/m1/s1. The van der Waals surface area contributed by atoms with Gasteiger partial charge in [-0.25, -0.2) is 4.79 Å². The number of nitrogens with one attached hydrogen (secondary N) is 1. The summed E-state index contributed by atoms with van der Waals surface area (Å²) in [5, 5.41) is 15.9. The highest BCUT2D eigenvalue weighted by atomic mass is 32.2. The second-order valence-electron chi connectivity index (χ2n) is 7.43. The van der Waals surface area contributed by atoms with Gasteiger partial charge in [0.15, 0.2) is 5.13 Å². The van der Waals surface area contributed by atoms with Crippen LogP contribution in [0.15, 0.2) is 28.6 Å². The number of fused-ring (bicyclic) bond motifs is 1. The molecule has 0 spiro atoms. The maximum absolute atomic E-state index is 12.9. The molecule has 14 heteroatoms. The minimum atomic E-state index is -1.15. The number of nitrogens with zero attached hydrogens (tertiary/aromatic N) is 5. The normalized spacial score (nSPS) is 23.2. The Hall–Kier alpha value is -2.97. The number of thioether (sulfide) groups is 1. The molecule has 4 heterocycles. The fourth-order valence-corrected chi connectivity index (χ4v) is 5.53. The molecule has 1 saturated heterocycles. The topological polar surface area (TPSA) is 163 Å². The number of oxime groups is 1. The Bertz CT molecular complexity index is 1050. The van der Waals surface area contributed by atoms with Crippen LogP contribution in [0.2, 0.25) is 0 Å². The quantitative estimate of drug-likeness (QED) is 0.192. The highest BCUT2D eigenvalue weighted by Crippen LogP contribution is 2.40. The van der Waals surface area contributed by atoms with E-state index in [1.54, 1.807) is 6.92 Å². The van der Waals surface area contributed by atoms with E-state index in [0.29, 0.717) is 17.9 Å². The van der Waals surface area contributed by atoms with Gasteiger partial charge >= 0.3 is 5.97 Å². The molecule has 12 nitrogen and oxygen atoms in total. The van der Waals surface area contributed by atoms with Crippen LogP contribution in [-0.2, 0) is 19.2 Å². The Morgan fingerprint density at radius 1 is 1.42 bits per heavy atom. The first-order valence-electron chi connectivity index (χ1n) is 10.3. The number of carbonyl (C=O) groups excluding carboxylic acids is 2. The zero-order chi connectivity index (χ0) is 23.5. The number of carboxylic acids is 1. The molecule has 1 fully saturated rings. The molecule has 0 aliphatic carbocycles. The first-order valence-corrected chi connectivity index (χ1v) is 12.1. The monoisotopic (exact) mass is 493 g/mol. The van der Waals surface area contributed by atoms with Crippen LogP contribution in [-0.4, -0.2) is 91.2 Å². The fraction of sp³-hybridized carbons (Fsp3) is 0.474. The number of rotatable bonds is 8. The van der Waals surface area contributed by atoms with Gasteiger partial charge in [0.25, 0.3) is 11.8 Å². The van der Waals surface area contributed by atoms with Gasteiger partial charge in [0.1, 0.15) is 23.7 Å². The van der Waals surface area contributed by atoms with E-state index in [2.05, 4.69) is 36.9 Å². The molecule has 3 aliphatic rings. The van der Waals surface area contributed by atoms with Crippen molar-refractivity contribution in [2.45, 2.75) is 24.8 Å². The number of carbonyl (C=O) groups is 3. The number of amides is 2. The molecule has 4 N–H and O–H groups in total.